The number of aromatic hydroxyl groups is 1. The lowest BCUT2D eigenvalue weighted by Gasteiger charge is -2.01. The SMILES string of the molecule is O=[N+]([O-])c1cc(C=Nc2cccc3ccccc23)ccc1O. The van der Waals surface area contributed by atoms with Crippen molar-refractivity contribution in [1.82, 2.24) is 0 Å². The van der Waals surface area contributed by atoms with Gasteiger partial charge in [0, 0.05) is 17.7 Å². The predicted molar refractivity (Wildman–Crippen MR) is 86.0 cm³/mol. The molecule has 22 heavy (non-hydrogen) atoms. The predicted octanol–water partition coefficient (Wildman–Crippen LogP) is 4.20. The van der Waals surface area contributed by atoms with Gasteiger partial charge in [-0.15, -0.1) is 0 Å². The third-order valence-electron chi connectivity index (χ3n) is 3.32. The van der Waals surface area contributed by atoms with Gasteiger partial charge in [0.1, 0.15) is 0 Å². The monoisotopic (exact) mass is 292 g/mol. The molecule has 0 bridgehead atoms. The van der Waals surface area contributed by atoms with Crippen LogP contribution < -0.4 is 0 Å². The number of phenolic OH excluding ortho intramolecular Hbond substituents is 1. The Bertz CT molecular complexity index is 883. The van der Waals surface area contributed by atoms with Crippen LogP contribution in [0.25, 0.3) is 10.8 Å². The van der Waals surface area contributed by atoms with Crippen LogP contribution in [0.2, 0.25) is 0 Å². The summed E-state index contributed by atoms with van der Waals surface area (Å²) >= 11 is 0. The van der Waals surface area contributed by atoms with Gasteiger partial charge in [-0.25, -0.2) is 0 Å². The normalized spacial score (nSPS) is 11.1. The number of hydrogen-bond donors (Lipinski definition) is 1. The van der Waals surface area contributed by atoms with Crippen molar-refractivity contribution in [3.8, 4) is 5.75 Å². The minimum absolute atomic E-state index is 0.332. The molecule has 0 aliphatic heterocycles. The number of nitro benzene ring substituents is 1. The van der Waals surface area contributed by atoms with Crippen LogP contribution in [0.1, 0.15) is 5.56 Å². The molecule has 0 heterocycles. The third kappa shape index (κ3) is 2.64. The van der Waals surface area contributed by atoms with Gasteiger partial charge in [-0.1, -0.05) is 36.4 Å². The zero-order valence-electron chi connectivity index (χ0n) is 11.5. The summed E-state index contributed by atoms with van der Waals surface area (Å²) in [5, 5.41) is 22.4. The van der Waals surface area contributed by atoms with Gasteiger partial charge in [-0.2, -0.15) is 0 Å². The lowest BCUT2D eigenvalue weighted by molar-refractivity contribution is -0.385. The van der Waals surface area contributed by atoms with E-state index in [9.17, 15) is 15.2 Å². The molecule has 0 radical (unpaired) electrons. The van der Waals surface area contributed by atoms with Gasteiger partial charge in [0.2, 0.25) is 0 Å². The number of rotatable bonds is 3. The van der Waals surface area contributed by atoms with Gasteiger partial charge in [0.15, 0.2) is 5.75 Å². The highest BCUT2D eigenvalue weighted by Gasteiger charge is 2.12. The summed E-state index contributed by atoms with van der Waals surface area (Å²) in [6.07, 6.45) is 1.55. The van der Waals surface area contributed by atoms with Crippen molar-refractivity contribution in [3.63, 3.8) is 0 Å². The number of fused-ring (bicyclic) bond motifs is 1. The zero-order chi connectivity index (χ0) is 15.5. The van der Waals surface area contributed by atoms with Gasteiger partial charge in [0.25, 0.3) is 0 Å². The minimum Gasteiger partial charge on any atom is -0.502 e. The molecule has 108 valence electrons. The largest absolute Gasteiger partial charge is 0.502 e. The maximum absolute atomic E-state index is 10.8. The van der Waals surface area contributed by atoms with Crippen molar-refractivity contribution >= 4 is 28.4 Å². The van der Waals surface area contributed by atoms with Crippen molar-refractivity contribution in [3.05, 3.63) is 76.3 Å². The van der Waals surface area contributed by atoms with Crippen molar-refractivity contribution in [2.24, 2.45) is 4.99 Å². The van der Waals surface area contributed by atoms with Gasteiger partial charge < -0.3 is 5.11 Å². The number of nitro groups is 1. The third-order valence-corrected chi connectivity index (χ3v) is 3.32. The fourth-order valence-electron chi connectivity index (χ4n) is 2.23. The maximum Gasteiger partial charge on any atom is 0.311 e. The fraction of sp³-hybridized carbons (Fsp3) is 0. The Morgan fingerprint density at radius 1 is 1.05 bits per heavy atom. The molecule has 3 aromatic rings. The van der Waals surface area contributed by atoms with E-state index in [1.165, 1.54) is 12.1 Å². The molecule has 0 fully saturated rings. The van der Waals surface area contributed by atoms with E-state index in [-0.39, 0.29) is 11.4 Å². The average molecular weight is 292 g/mol. The molecule has 0 saturated heterocycles. The number of benzene rings is 3. The molecule has 3 rings (SSSR count). The van der Waals surface area contributed by atoms with Gasteiger partial charge in [-0.3, -0.25) is 15.1 Å². The molecule has 5 heteroatoms. The molecule has 0 saturated carbocycles. The van der Waals surface area contributed by atoms with Crippen LogP contribution in [0.15, 0.2) is 65.7 Å². The topological polar surface area (TPSA) is 75.7 Å². The quantitative estimate of drug-likeness (QED) is 0.446. The Labute approximate surface area is 126 Å². The van der Waals surface area contributed by atoms with Crippen LogP contribution in [0.4, 0.5) is 11.4 Å². The summed E-state index contributed by atoms with van der Waals surface area (Å²) in [6.45, 7) is 0. The van der Waals surface area contributed by atoms with Gasteiger partial charge in [-0.05, 0) is 29.1 Å². The first-order valence-electron chi connectivity index (χ1n) is 6.64. The molecule has 0 atom stereocenters. The lowest BCUT2D eigenvalue weighted by Crippen LogP contribution is -1.90. The van der Waals surface area contributed by atoms with E-state index in [0.29, 0.717) is 5.56 Å². The van der Waals surface area contributed by atoms with E-state index in [1.807, 2.05) is 42.5 Å². The number of nitrogens with zero attached hydrogens (tertiary/aromatic N) is 2. The van der Waals surface area contributed by atoms with E-state index in [4.69, 9.17) is 0 Å². The summed E-state index contributed by atoms with van der Waals surface area (Å²) in [6, 6.07) is 17.8. The van der Waals surface area contributed by atoms with Gasteiger partial charge >= 0.3 is 5.69 Å². The highest BCUT2D eigenvalue weighted by Crippen LogP contribution is 2.27. The van der Waals surface area contributed by atoms with Crippen molar-refractivity contribution < 1.29 is 10.0 Å². The van der Waals surface area contributed by atoms with Gasteiger partial charge in [0.05, 0.1) is 10.6 Å². The number of phenols is 1. The molecule has 5 nitrogen and oxygen atoms in total. The molecule has 0 spiro atoms. The number of aliphatic imine (C=N–C) groups is 1. The van der Waals surface area contributed by atoms with E-state index in [2.05, 4.69) is 4.99 Å². The summed E-state index contributed by atoms with van der Waals surface area (Å²) in [5.41, 5.74) is 1.01. The van der Waals surface area contributed by atoms with Crippen LogP contribution >= 0.6 is 0 Å². The lowest BCUT2D eigenvalue weighted by atomic mass is 10.1. The Morgan fingerprint density at radius 2 is 1.82 bits per heavy atom. The zero-order valence-corrected chi connectivity index (χ0v) is 11.5. The summed E-state index contributed by atoms with van der Waals surface area (Å²) in [5.74, 6) is -0.354. The molecular formula is C17H12N2O3. The molecule has 1 N–H and O–H groups in total. The first-order chi connectivity index (χ1) is 10.6. The molecule has 0 amide bonds. The van der Waals surface area contributed by atoms with Crippen molar-refractivity contribution in [2.75, 3.05) is 0 Å². The molecule has 0 aliphatic rings. The minimum atomic E-state index is -0.620. The highest BCUT2D eigenvalue weighted by atomic mass is 16.6. The van der Waals surface area contributed by atoms with Crippen LogP contribution in [0.3, 0.4) is 0 Å². The smallest absolute Gasteiger partial charge is 0.311 e. The number of hydrogen-bond acceptors (Lipinski definition) is 4. The standard InChI is InChI=1S/C17H12N2O3/c20-17-9-8-12(10-16(17)19(21)22)11-18-15-7-3-5-13-4-1-2-6-14(13)15/h1-11,20H. The van der Waals surface area contributed by atoms with Crippen molar-refractivity contribution in [1.29, 1.82) is 0 Å². The summed E-state index contributed by atoms with van der Waals surface area (Å²) in [4.78, 5) is 14.6. The highest BCUT2D eigenvalue weighted by molar-refractivity contribution is 5.95. The fourth-order valence-corrected chi connectivity index (χ4v) is 2.23. The average Bonchev–Trinajstić information content (AvgIpc) is 2.53. The van der Waals surface area contributed by atoms with Crippen molar-refractivity contribution in [2.45, 2.75) is 0 Å². The van der Waals surface area contributed by atoms with Crippen LogP contribution in [-0.4, -0.2) is 16.2 Å². The first-order valence-corrected chi connectivity index (χ1v) is 6.64. The summed E-state index contributed by atoms with van der Waals surface area (Å²) < 4.78 is 0. The van der Waals surface area contributed by atoms with E-state index in [0.717, 1.165) is 16.5 Å². The Hall–Kier alpha value is -3.21. The Kier molecular flexibility index (Phi) is 3.53. The van der Waals surface area contributed by atoms with Crippen LogP contribution in [0, 0.1) is 10.1 Å². The molecule has 3 aromatic carbocycles. The molecule has 0 aromatic heterocycles. The van der Waals surface area contributed by atoms with E-state index < -0.39 is 4.92 Å². The Balaban J connectivity index is 2.00. The second kappa shape index (κ2) is 5.65. The molecule has 0 aliphatic carbocycles. The Morgan fingerprint density at radius 3 is 2.64 bits per heavy atom. The maximum atomic E-state index is 10.8. The second-order valence-corrected chi connectivity index (χ2v) is 4.76. The van der Waals surface area contributed by atoms with Crippen LogP contribution in [0.5, 0.6) is 5.75 Å². The first kappa shape index (κ1) is 13.8. The van der Waals surface area contributed by atoms with Crippen LogP contribution in [-0.2, 0) is 0 Å². The molecular weight excluding hydrogens is 280 g/mol. The second-order valence-electron chi connectivity index (χ2n) is 4.76. The molecule has 0 unspecified atom stereocenters. The van der Waals surface area contributed by atoms with E-state index >= 15 is 0 Å². The summed E-state index contributed by atoms with van der Waals surface area (Å²) in [7, 11) is 0. The van der Waals surface area contributed by atoms with E-state index in [1.54, 1.807) is 12.3 Å².